The van der Waals surface area contributed by atoms with Crippen LogP contribution in [0.1, 0.15) is 30.4 Å². The number of amides is 1. The maximum Gasteiger partial charge on any atom is 0.231 e. The predicted octanol–water partition coefficient (Wildman–Crippen LogP) is 3.49. The molecule has 1 amide bonds. The molecule has 3 aliphatic heterocycles. The van der Waals surface area contributed by atoms with E-state index in [0.717, 1.165) is 73.1 Å². The first-order valence-electron chi connectivity index (χ1n) is 12.1. The fourth-order valence-electron chi connectivity index (χ4n) is 5.12. The highest BCUT2D eigenvalue weighted by molar-refractivity contribution is 5.84. The van der Waals surface area contributed by atoms with E-state index in [1.165, 1.54) is 11.1 Å². The number of hydrogen-bond acceptors (Lipinski definition) is 6. The van der Waals surface area contributed by atoms with Crippen LogP contribution < -0.4 is 19.7 Å². The summed E-state index contributed by atoms with van der Waals surface area (Å²) in [7, 11) is 0. The van der Waals surface area contributed by atoms with Gasteiger partial charge in [-0.3, -0.25) is 9.36 Å². The lowest BCUT2D eigenvalue weighted by Gasteiger charge is -2.32. The van der Waals surface area contributed by atoms with E-state index in [1.807, 2.05) is 12.1 Å². The van der Waals surface area contributed by atoms with Crippen LogP contribution in [-0.4, -0.2) is 54.6 Å². The summed E-state index contributed by atoms with van der Waals surface area (Å²) >= 11 is 0. The molecule has 178 valence electrons. The number of piperidine rings is 1. The Morgan fingerprint density at radius 3 is 2.62 bits per heavy atom. The quantitative estimate of drug-likeness (QED) is 0.640. The molecule has 4 heterocycles. The van der Waals surface area contributed by atoms with Crippen molar-refractivity contribution in [1.82, 2.24) is 14.9 Å². The number of nitrogens with zero attached hydrogens (tertiary/aromatic N) is 3. The van der Waals surface area contributed by atoms with Gasteiger partial charge in [-0.15, -0.1) is 0 Å². The third kappa shape index (κ3) is 3.76. The van der Waals surface area contributed by atoms with E-state index >= 15 is 0 Å². The Morgan fingerprint density at radius 1 is 1.03 bits per heavy atom. The minimum absolute atomic E-state index is 0.0321. The molecule has 1 unspecified atom stereocenters. The summed E-state index contributed by atoms with van der Waals surface area (Å²) in [6.45, 7) is 7.42. The van der Waals surface area contributed by atoms with E-state index in [0.29, 0.717) is 6.61 Å². The SMILES string of the molecule is Cc1cc2nc(N3CCC(C(=O)NC4CCOC4)CC3)n(-c3ccc4c(c3)OCO4)c2cc1C. The van der Waals surface area contributed by atoms with Crippen molar-refractivity contribution in [2.24, 2.45) is 5.92 Å². The smallest absolute Gasteiger partial charge is 0.231 e. The summed E-state index contributed by atoms with van der Waals surface area (Å²) in [5, 5.41) is 3.17. The van der Waals surface area contributed by atoms with Crippen LogP contribution in [0.5, 0.6) is 11.5 Å². The van der Waals surface area contributed by atoms with E-state index in [-0.39, 0.29) is 24.7 Å². The summed E-state index contributed by atoms with van der Waals surface area (Å²) in [4.78, 5) is 20.1. The van der Waals surface area contributed by atoms with Crippen LogP contribution in [0.25, 0.3) is 16.7 Å². The highest BCUT2D eigenvalue weighted by atomic mass is 16.7. The third-order valence-corrected chi connectivity index (χ3v) is 7.29. The van der Waals surface area contributed by atoms with E-state index in [2.05, 4.69) is 46.8 Å². The number of nitrogens with one attached hydrogen (secondary N) is 1. The van der Waals surface area contributed by atoms with Crippen molar-refractivity contribution >= 4 is 22.9 Å². The number of rotatable bonds is 4. The molecule has 34 heavy (non-hydrogen) atoms. The maximum absolute atomic E-state index is 12.8. The van der Waals surface area contributed by atoms with Crippen LogP contribution in [0.2, 0.25) is 0 Å². The molecular weight excluding hydrogens is 432 g/mol. The molecule has 6 rings (SSSR count). The van der Waals surface area contributed by atoms with Gasteiger partial charge >= 0.3 is 0 Å². The number of aromatic nitrogens is 2. The summed E-state index contributed by atoms with van der Waals surface area (Å²) < 4.78 is 18.8. The van der Waals surface area contributed by atoms with Gasteiger partial charge < -0.3 is 24.4 Å². The molecule has 1 atom stereocenters. The molecule has 3 aromatic rings. The zero-order chi connectivity index (χ0) is 23.2. The lowest BCUT2D eigenvalue weighted by molar-refractivity contribution is -0.126. The Labute approximate surface area is 198 Å². The second-order valence-electron chi connectivity index (χ2n) is 9.54. The second kappa shape index (κ2) is 8.51. The van der Waals surface area contributed by atoms with Gasteiger partial charge in [-0.05, 0) is 68.5 Å². The van der Waals surface area contributed by atoms with E-state index in [4.69, 9.17) is 19.2 Å². The largest absolute Gasteiger partial charge is 0.454 e. The molecule has 8 heteroatoms. The van der Waals surface area contributed by atoms with E-state index < -0.39 is 0 Å². The molecule has 0 saturated carbocycles. The molecular formula is C26H30N4O4. The standard InChI is InChI=1S/C26H30N4O4/c1-16-11-21-22(12-17(16)2)30(20-3-4-23-24(13-20)34-15-33-23)26(28-21)29-8-5-18(6-9-29)25(31)27-19-7-10-32-14-19/h3-4,11-13,18-19H,5-10,14-15H2,1-2H3,(H,27,31). The number of carbonyl (C=O) groups excluding carboxylic acids is 1. The monoisotopic (exact) mass is 462 g/mol. The Balaban J connectivity index is 1.30. The van der Waals surface area contributed by atoms with Crippen molar-refractivity contribution in [2.45, 2.75) is 39.2 Å². The van der Waals surface area contributed by atoms with Gasteiger partial charge in [0.05, 0.1) is 29.4 Å². The van der Waals surface area contributed by atoms with Crippen molar-refractivity contribution < 1.29 is 19.0 Å². The topological polar surface area (TPSA) is 77.9 Å². The molecule has 0 bridgehead atoms. The van der Waals surface area contributed by atoms with Gasteiger partial charge in [0, 0.05) is 31.7 Å². The first kappa shape index (κ1) is 21.3. The fourth-order valence-corrected chi connectivity index (χ4v) is 5.12. The average molecular weight is 463 g/mol. The highest BCUT2D eigenvalue weighted by Gasteiger charge is 2.30. The van der Waals surface area contributed by atoms with Gasteiger partial charge in [-0.2, -0.15) is 0 Å². The van der Waals surface area contributed by atoms with Crippen molar-refractivity contribution in [3.8, 4) is 17.2 Å². The normalized spacial score (nSPS) is 20.3. The maximum atomic E-state index is 12.8. The molecule has 8 nitrogen and oxygen atoms in total. The van der Waals surface area contributed by atoms with Crippen molar-refractivity contribution in [3.63, 3.8) is 0 Å². The van der Waals surface area contributed by atoms with Crippen LogP contribution in [0.3, 0.4) is 0 Å². The van der Waals surface area contributed by atoms with Gasteiger partial charge in [0.25, 0.3) is 0 Å². The number of benzene rings is 2. The van der Waals surface area contributed by atoms with Crippen LogP contribution in [-0.2, 0) is 9.53 Å². The molecule has 3 aliphatic rings. The van der Waals surface area contributed by atoms with Crippen molar-refractivity contribution in [3.05, 3.63) is 41.5 Å². The van der Waals surface area contributed by atoms with Crippen molar-refractivity contribution in [2.75, 3.05) is 38.0 Å². The molecule has 2 fully saturated rings. The second-order valence-corrected chi connectivity index (χ2v) is 9.54. The predicted molar refractivity (Wildman–Crippen MR) is 129 cm³/mol. The van der Waals surface area contributed by atoms with Gasteiger partial charge in [0.2, 0.25) is 18.6 Å². The Kier molecular flexibility index (Phi) is 5.32. The number of hydrogen-bond donors (Lipinski definition) is 1. The van der Waals surface area contributed by atoms with Gasteiger partial charge in [-0.25, -0.2) is 4.98 Å². The Bertz CT molecular complexity index is 1240. The van der Waals surface area contributed by atoms with Crippen molar-refractivity contribution in [1.29, 1.82) is 0 Å². The summed E-state index contributed by atoms with van der Waals surface area (Å²) in [5.41, 5.74) is 5.48. The zero-order valence-electron chi connectivity index (χ0n) is 19.7. The Morgan fingerprint density at radius 2 is 1.82 bits per heavy atom. The first-order valence-corrected chi connectivity index (χ1v) is 12.1. The molecule has 2 saturated heterocycles. The van der Waals surface area contributed by atoms with Gasteiger partial charge in [0.15, 0.2) is 11.5 Å². The lowest BCUT2D eigenvalue weighted by atomic mass is 9.95. The van der Waals surface area contributed by atoms with Crippen LogP contribution in [0.15, 0.2) is 30.3 Å². The van der Waals surface area contributed by atoms with Crippen LogP contribution in [0, 0.1) is 19.8 Å². The van der Waals surface area contributed by atoms with E-state index in [9.17, 15) is 4.79 Å². The third-order valence-electron chi connectivity index (χ3n) is 7.29. The number of ether oxygens (including phenoxy) is 3. The molecule has 0 aliphatic carbocycles. The van der Waals surface area contributed by atoms with Crippen LogP contribution in [0.4, 0.5) is 5.95 Å². The molecule has 1 N–H and O–H groups in total. The minimum Gasteiger partial charge on any atom is -0.454 e. The number of anilines is 1. The molecule has 0 radical (unpaired) electrons. The fraction of sp³-hybridized carbons (Fsp3) is 0.462. The van der Waals surface area contributed by atoms with Gasteiger partial charge in [-0.1, -0.05) is 0 Å². The molecule has 1 aromatic heterocycles. The van der Waals surface area contributed by atoms with Gasteiger partial charge in [0.1, 0.15) is 0 Å². The zero-order valence-corrected chi connectivity index (χ0v) is 19.7. The molecule has 2 aromatic carbocycles. The number of aryl methyl sites for hydroxylation is 2. The van der Waals surface area contributed by atoms with Crippen LogP contribution >= 0.6 is 0 Å². The first-order chi connectivity index (χ1) is 16.6. The molecule has 0 spiro atoms. The number of fused-ring (bicyclic) bond motifs is 2. The minimum atomic E-state index is 0.0321. The number of imidazole rings is 1. The number of carbonyl (C=O) groups is 1. The summed E-state index contributed by atoms with van der Waals surface area (Å²) in [5.74, 6) is 2.61. The Hall–Kier alpha value is -3.26. The average Bonchev–Trinajstić information content (AvgIpc) is 3.59. The summed E-state index contributed by atoms with van der Waals surface area (Å²) in [6.07, 6.45) is 2.52. The van der Waals surface area contributed by atoms with E-state index in [1.54, 1.807) is 0 Å². The highest BCUT2D eigenvalue weighted by Crippen LogP contribution is 2.37. The lowest BCUT2D eigenvalue weighted by Crippen LogP contribution is -2.44. The summed E-state index contributed by atoms with van der Waals surface area (Å²) in [6, 6.07) is 10.5.